The van der Waals surface area contributed by atoms with Gasteiger partial charge in [0.05, 0.1) is 0 Å². The van der Waals surface area contributed by atoms with Crippen LogP contribution in [0, 0.1) is 17.5 Å². The summed E-state index contributed by atoms with van der Waals surface area (Å²) in [6.07, 6.45) is 3.18. The number of amides is 1. The van der Waals surface area contributed by atoms with Crippen molar-refractivity contribution in [1.29, 1.82) is 0 Å². The number of aromatic nitrogens is 2. The van der Waals surface area contributed by atoms with Crippen molar-refractivity contribution in [1.82, 2.24) is 14.9 Å². The van der Waals surface area contributed by atoms with E-state index in [0.717, 1.165) is 18.2 Å². The van der Waals surface area contributed by atoms with Gasteiger partial charge in [-0.1, -0.05) is 18.2 Å². The van der Waals surface area contributed by atoms with Gasteiger partial charge in [-0.15, -0.1) is 0 Å². The van der Waals surface area contributed by atoms with E-state index in [0.29, 0.717) is 5.82 Å². The minimum Gasteiger partial charge on any atom is -0.338 e. The second-order valence-corrected chi connectivity index (χ2v) is 5.45. The Hall–Kier alpha value is -3.09. The Kier molecular flexibility index (Phi) is 4.56. The van der Waals surface area contributed by atoms with E-state index in [1.807, 2.05) is 0 Å². The second kappa shape index (κ2) is 6.80. The second-order valence-electron chi connectivity index (χ2n) is 5.45. The number of aryl methyl sites for hydroxylation is 1. The van der Waals surface area contributed by atoms with Gasteiger partial charge in [0.15, 0.2) is 11.6 Å². The SMILES string of the molecule is Cn1ccnc1C(NC(=O)c1ccc(F)c(F)c1)c1ccccc1F. The van der Waals surface area contributed by atoms with Crippen LogP contribution in [0.2, 0.25) is 0 Å². The van der Waals surface area contributed by atoms with Gasteiger partial charge in [0.1, 0.15) is 17.7 Å². The van der Waals surface area contributed by atoms with E-state index in [9.17, 15) is 18.0 Å². The first-order valence-electron chi connectivity index (χ1n) is 7.45. The summed E-state index contributed by atoms with van der Waals surface area (Å²) in [6.45, 7) is 0. The molecule has 1 atom stereocenters. The predicted octanol–water partition coefficient (Wildman–Crippen LogP) is 3.36. The largest absolute Gasteiger partial charge is 0.338 e. The molecule has 0 aliphatic heterocycles. The number of imidazole rings is 1. The number of halogens is 3. The van der Waals surface area contributed by atoms with Crippen LogP contribution in [0.5, 0.6) is 0 Å². The molecule has 1 unspecified atom stereocenters. The van der Waals surface area contributed by atoms with E-state index in [1.165, 1.54) is 24.4 Å². The molecule has 0 saturated carbocycles. The number of carbonyl (C=O) groups excluding carboxylic acids is 1. The highest BCUT2D eigenvalue weighted by molar-refractivity contribution is 5.94. The molecule has 0 aliphatic carbocycles. The number of carbonyl (C=O) groups is 1. The van der Waals surface area contributed by atoms with Crippen LogP contribution in [-0.2, 0) is 7.05 Å². The van der Waals surface area contributed by atoms with Gasteiger partial charge in [-0.3, -0.25) is 4.79 Å². The Morgan fingerprint density at radius 2 is 1.84 bits per heavy atom. The topological polar surface area (TPSA) is 46.9 Å². The van der Waals surface area contributed by atoms with Gasteiger partial charge in [-0.2, -0.15) is 0 Å². The van der Waals surface area contributed by atoms with Gasteiger partial charge in [0, 0.05) is 30.6 Å². The smallest absolute Gasteiger partial charge is 0.252 e. The lowest BCUT2D eigenvalue weighted by Crippen LogP contribution is -2.31. The van der Waals surface area contributed by atoms with Gasteiger partial charge in [-0.05, 0) is 24.3 Å². The molecule has 1 N–H and O–H groups in total. The predicted molar refractivity (Wildman–Crippen MR) is 85.3 cm³/mol. The minimum atomic E-state index is -1.13. The summed E-state index contributed by atoms with van der Waals surface area (Å²) in [6, 6.07) is 7.90. The molecule has 2 aromatic carbocycles. The number of nitrogens with one attached hydrogen (secondary N) is 1. The number of nitrogens with zero attached hydrogens (tertiary/aromatic N) is 2. The van der Waals surface area contributed by atoms with Crippen LogP contribution in [0.25, 0.3) is 0 Å². The van der Waals surface area contributed by atoms with Crippen molar-refractivity contribution in [3.63, 3.8) is 0 Å². The molecule has 1 amide bonds. The Labute approximate surface area is 141 Å². The van der Waals surface area contributed by atoms with Crippen molar-refractivity contribution in [2.75, 3.05) is 0 Å². The third kappa shape index (κ3) is 3.40. The zero-order valence-electron chi connectivity index (χ0n) is 13.2. The molecular weight excluding hydrogens is 331 g/mol. The van der Waals surface area contributed by atoms with Crippen molar-refractivity contribution >= 4 is 5.91 Å². The zero-order chi connectivity index (χ0) is 18.0. The van der Waals surface area contributed by atoms with Crippen LogP contribution in [-0.4, -0.2) is 15.5 Å². The lowest BCUT2D eigenvalue weighted by atomic mass is 10.0. The van der Waals surface area contributed by atoms with E-state index >= 15 is 0 Å². The summed E-state index contributed by atoms with van der Waals surface area (Å²) < 4.78 is 42.3. The van der Waals surface area contributed by atoms with Crippen LogP contribution in [0.3, 0.4) is 0 Å². The van der Waals surface area contributed by atoms with Gasteiger partial charge < -0.3 is 9.88 Å². The third-order valence-corrected chi connectivity index (χ3v) is 3.79. The molecule has 0 radical (unpaired) electrons. The molecule has 1 heterocycles. The van der Waals surface area contributed by atoms with Crippen LogP contribution < -0.4 is 5.32 Å². The zero-order valence-corrected chi connectivity index (χ0v) is 13.2. The summed E-state index contributed by atoms with van der Waals surface area (Å²) in [4.78, 5) is 16.6. The van der Waals surface area contributed by atoms with E-state index in [4.69, 9.17) is 0 Å². The Morgan fingerprint density at radius 1 is 1.08 bits per heavy atom. The van der Waals surface area contributed by atoms with Crippen molar-refractivity contribution < 1.29 is 18.0 Å². The molecule has 1 aromatic heterocycles. The molecule has 4 nitrogen and oxygen atoms in total. The molecular formula is C18H14F3N3O. The van der Waals surface area contributed by atoms with Gasteiger partial charge in [0.25, 0.3) is 5.91 Å². The quantitative estimate of drug-likeness (QED) is 0.788. The van der Waals surface area contributed by atoms with Gasteiger partial charge in [0.2, 0.25) is 0 Å². The van der Waals surface area contributed by atoms with Crippen molar-refractivity contribution in [3.8, 4) is 0 Å². The summed E-state index contributed by atoms with van der Waals surface area (Å²) in [5.41, 5.74) is 0.141. The van der Waals surface area contributed by atoms with E-state index in [2.05, 4.69) is 10.3 Å². The molecule has 0 aliphatic rings. The lowest BCUT2D eigenvalue weighted by molar-refractivity contribution is 0.0940. The van der Waals surface area contributed by atoms with Crippen LogP contribution >= 0.6 is 0 Å². The minimum absolute atomic E-state index is 0.0746. The third-order valence-electron chi connectivity index (χ3n) is 3.79. The summed E-state index contributed by atoms with van der Waals surface area (Å²) >= 11 is 0. The summed E-state index contributed by atoms with van der Waals surface area (Å²) in [7, 11) is 1.71. The fraction of sp³-hybridized carbons (Fsp3) is 0.111. The average molecular weight is 345 g/mol. The van der Waals surface area contributed by atoms with Gasteiger partial charge >= 0.3 is 0 Å². The number of benzene rings is 2. The molecule has 0 spiro atoms. The molecule has 0 bridgehead atoms. The number of hydrogen-bond donors (Lipinski definition) is 1. The molecule has 0 fully saturated rings. The van der Waals surface area contributed by atoms with E-state index in [-0.39, 0.29) is 11.1 Å². The maximum absolute atomic E-state index is 14.2. The molecule has 7 heteroatoms. The van der Waals surface area contributed by atoms with Crippen molar-refractivity contribution in [2.45, 2.75) is 6.04 Å². The Morgan fingerprint density at radius 3 is 2.48 bits per heavy atom. The van der Waals surface area contributed by atoms with E-state index < -0.39 is 29.4 Å². The highest BCUT2D eigenvalue weighted by Crippen LogP contribution is 2.23. The lowest BCUT2D eigenvalue weighted by Gasteiger charge is -2.19. The highest BCUT2D eigenvalue weighted by Gasteiger charge is 2.24. The van der Waals surface area contributed by atoms with Crippen molar-refractivity contribution in [3.05, 3.63) is 89.3 Å². The first-order valence-corrected chi connectivity index (χ1v) is 7.45. The van der Waals surface area contributed by atoms with Crippen LogP contribution in [0.15, 0.2) is 54.9 Å². The Bertz CT molecular complexity index is 923. The molecule has 128 valence electrons. The number of hydrogen-bond acceptors (Lipinski definition) is 2. The van der Waals surface area contributed by atoms with Gasteiger partial charge in [-0.25, -0.2) is 18.2 Å². The molecule has 3 rings (SSSR count). The fourth-order valence-electron chi connectivity index (χ4n) is 2.50. The maximum Gasteiger partial charge on any atom is 0.252 e. The molecule has 25 heavy (non-hydrogen) atoms. The first-order chi connectivity index (χ1) is 12.0. The standard InChI is InChI=1S/C18H14F3N3O/c1-24-9-8-22-17(24)16(12-4-2-3-5-13(12)19)23-18(25)11-6-7-14(20)15(21)10-11/h2-10,16H,1H3,(H,23,25). The fourth-order valence-corrected chi connectivity index (χ4v) is 2.50. The number of rotatable bonds is 4. The maximum atomic E-state index is 14.2. The monoisotopic (exact) mass is 345 g/mol. The summed E-state index contributed by atoms with van der Waals surface area (Å²) in [5.74, 6) is -2.96. The highest BCUT2D eigenvalue weighted by atomic mass is 19.2. The van der Waals surface area contributed by atoms with Crippen LogP contribution in [0.1, 0.15) is 27.8 Å². The summed E-state index contributed by atoms with van der Waals surface area (Å²) in [5, 5.41) is 2.63. The average Bonchev–Trinajstić information content (AvgIpc) is 3.01. The Balaban J connectivity index is 1.98. The first kappa shape index (κ1) is 16.8. The van der Waals surface area contributed by atoms with E-state index in [1.54, 1.807) is 23.9 Å². The molecule has 0 saturated heterocycles. The van der Waals surface area contributed by atoms with Crippen LogP contribution in [0.4, 0.5) is 13.2 Å². The normalized spacial score (nSPS) is 12.0. The van der Waals surface area contributed by atoms with Crippen molar-refractivity contribution in [2.24, 2.45) is 7.05 Å². The molecule has 3 aromatic rings.